The second-order valence-electron chi connectivity index (χ2n) is 6.91. The maximum atomic E-state index is 13.2. The van der Waals surface area contributed by atoms with Crippen molar-refractivity contribution in [1.29, 1.82) is 0 Å². The van der Waals surface area contributed by atoms with Gasteiger partial charge < -0.3 is 20.9 Å². The summed E-state index contributed by atoms with van der Waals surface area (Å²) in [6.07, 6.45) is 3.91. The quantitative estimate of drug-likeness (QED) is 0.628. The first-order valence-electron chi connectivity index (χ1n) is 9.16. The molecule has 1 heterocycles. The molecule has 0 atom stereocenters. The van der Waals surface area contributed by atoms with Crippen molar-refractivity contribution in [1.82, 2.24) is 14.9 Å². The second kappa shape index (κ2) is 8.73. The Labute approximate surface area is 175 Å². The minimum absolute atomic E-state index is 0.000951. The highest BCUT2D eigenvalue weighted by Gasteiger charge is 2.31. The topological polar surface area (TPSA) is 119 Å². The molecule has 0 radical (unpaired) electrons. The monoisotopic (exact) mass is 465 g/mol. The smallest absolute Gasteiger partial charge is 0.272 e. The van der Waals surface area contributed by atoms with Crippen molar-refractivity contribution in [3.8, 4) is 0 Å². The van der Waals surface area contributed by atoms with Crippen LogP contribution in [-0.4, -0.2) is 34.3 Å². The van der Waals surface area contributed by atoms with Gasteiger partial charge in [-0.2, -0.15) is 0 Å². The van der Waals surface area contributed by atoms with Crippen LogP contribution >= 0.6 is 15.9 Å². The molecular formula is C19H21BrFN5O3. The highest BCUT2D eigenvalue weighted by Crippen LogP contribution is 2.34. The van der Waals surface area contributed by atoms with E-state index in [1.165, 1.54) is 31.6 Å². The largest absolute Gasteiger partial charge is 0.364 e. The molecule has 3 amide bonds. The number of nitrogens with one attached hydrogen (secondary N) is 2. The van der Waals surface area contributed by atoms with E-state index in [-0.39, 0.29) is 29.3 Å². The Balaban J connectivity index is 1.67. The minimum atomic E-state index is -0.720. The molecule has 0 aliphatic heterocycles. The third-order valence-electron chi connectivity index (χ3n) is 5.12. The van der Waals surface area contributed by atoms with Crippen LogP contribution in [0.3, 0.4) is 0 Å². The van der Waals surface area contributed by atoms with E-state index in [2.05, 4.69) is 31.5 Å². The molecule has 4 N–H and O–H groups in total. The number of hydrogen-bond donors (Lipinski definition) is 3. The summed E-state index contributed by atoms with van der Waals surface area (Å²) >= 11 is 3.24. The molecule has 0 saturated heterocycles. The molecule has 1 aliphatic carbocycles. The van der Waals surface area contributed by atoms with E-state index in [0.29, 0.717) is 35.8 Å². The van der Waals surface area contributed by atoms with Crippen molar-refractivity contribution in [3.63, 3.8) is 0 Å². The van der Waals surface area contributed by atoms with Gasteiger partial charge in [-0.1, -0.05) is 0 Å². The SMILES string of the molecule is CNC(=O)c1ncn(C2CCC(C(=O)Nc3ccc(F)cc3Br)CC2)c1C(N)=O. The van der Waals surface area contributed by atoms with Gasteiger partial charge in [-0.15, -0.1) is 0 Å². The number of aromatic nitrogens is 2. The van der Waals surface area contributed by atoms with E-state index >= 15 is 0 Å². The number of hydrogen-bond acceptors (Lipinski definition) is 4. The van der Waals surface area contributed by atoms with Gasteiger partial charge in [0.05, 0.1) is 12.0 Å². The number of nitrogens with two attached hydrogens (primary N) is 1. The van der Waals surface area contributed by atoms with E-state index in [1.54, 1.807) is 4.57 Å². The Morgan fingerprint density at radius 1 is 1.24 bits per heavy atom. The van der Waals surface area contributed by atoms with Gasteiger partial charge in [0.15, 0.2) is 5.69 Å². The summed E-state index contributed by atoms with van der Waals surface area (Å²) in [6.45, 7) is 0. The lowest BCUT2D eigenvalue weighted by atomic mass is 9.85. The van der Waals surface area contributed by atoms with Crippen LogP contribution in [0.2, 0.25) is 0 Å². The zero-order valence-electron chi connectivity index (χ0n) is 15.7. The number of nitrogens with zero attached hydrogens (tertiary/aromatic N) is 2. The number of carbonyl (C=O) groups excluding carboxylic acids is 3. The van der Waals surface area contributed by atoms with Crippen LogP contribution in [0.15, 0.2) is 29.0 Å². The molecule has 3 rings (SSSR count). The summed E-state index contributed by atoms with van der Waals surface area (Å²) in [5.41, 5.74) is 6.06. The normalized spacial score (nSPS) is 18.9. The third kappa shape index (κ3) is 4.47. The van der Waals surface area contributed by atoms with Crippen LogP contribution < -0.4 is 16.4 Å². The summed E-state index contributed by atoms with van der Waals surface area (Å²) < 4.78 is 15.3. The van der Waals surface area contributed by atoms with Crippen LogP contribution in [-0.2, 0) is 4.79 Å². The molecule has 0 spiro atoms. The number of amides is 3. The molecule has 1 fully saturated rings. The Bertz CT molecular complexity index is 953. The van der Waals surface area contributed by atoms with Gasteiger partial charge in [-0.3, -0.25) is 14.4 Å². The summed E-state index contributed by atoms with van der Waals surface area (Å²) in [5, 5.41) is 5.26. The highest BCUT2D eigenvalue weighted by atomic mass is 79.9. The third-order valence-corrected chi connectivity index (χ3v) is 5.78. The van der Waals surface area contributed by atoms with Gasteiger partial charge in [0.2, 0.25) is 5.91 Å². The number of benzene rings is 1. The standard InChI is InChI=1S/C19H21BrFN5O3/c1-23-19(29)15-16(17(22)27)26(9-24-15)12-5-2-10(3-6-12)18(28)25-14-7-4-11(21)8-13(14)20/h4,7-10,12H,2-3,5-6H2,1H3,(H2,22,27)(H,23,29)(H,25,28). The Morgan fingerprint density at radius 2 is 1.93 bits per heavy atom. The van der Waals surface area contributed by atoms with E-state index in [4.69, 9.17) is 5.73 Å². The van der Waals surface area contributed by atoms with Crippen molar-refractivity contribution in [2.75, 3.05) is 12.4 Å². The summed E-state index contributed by atoms with van der Waals surface area (Å²) in [4.78, 5) is 40.4. The van der Waals surface area contributed by atoms with Gasteiger partial charge in [0, 0.05) is 23.5 Å². The van der Waals surface area contributed by atoms with E-state index in [0.717, 1.165) is 0 Å². The Hall–Kier alpha value is -2.75. The molecule has 10 heteroatoms. The molecule has 1 aliphatic rings. The Morgan fingerprint density at radius 3 is 2.52 bits per heavy atom. The van der Waals surface area contributed by atoms with Gasteiger partial charge in [0.1, 0.15) is 11.5 Å². The molecule has 0 unspecified atom stereocenters. The van der Waals surface area contributed by atoms with Crippen LogP contribution in [0.5, 0.6) is 0 Å². The fraction of sp³-hybridized carbons (Fsp3) is 0.368. The molecule has 2 aromatic rings. The number of imidazole rings is 1. The highest BCUT2D eigenvalue weighted by molar-refractivity contribution is 9.10. The first-order valence-corrected chi connectivity index (χ1v) is 9.95. The van der Waals surface area contributed by atoms with Crippen molar-refractivity contribution >= 4 is 39.3 Å². The average molecular weight is 466 g/mol. The number of rotatable bonds is 5. The second-order valence-corrected chi connectivity index (χ2v) is 7.77. The predicted molar refractivity (Wildman–Crippen MR) is 108 cm³/mol. The number of primary amides is 1. The van der Waals surface area contributed by atoms with Gasteiger partial charge in [0.25, 0.3) is 11.8 Å². The molecule has 29 heavy (non-hydrogen) atoms. The van der Waals surface area contributed by atoms with Crippen LogP contribution in [0, 0.1) is 11.7 Å². The average Bonchev–Trinajstić information content (AvgIpc) is 3.15. The van der Waals surface area contributed by atoms with Crippen molar-refractivity contribution in [2.45, 2.75) is 31.7 Å². The summed E-state index contributed by atoms with van der Waals surface area (Å²) in [6, 6.07) is 4.01. The maximum absolute atomic E-state index is 13.2. The summed E-state index contributed by atoms with van der Waals surface area (Å²) in [5.74, 6) is -1.93. The first kappa shape index (κ1) is 21.0. The van der Waals surface area contributed by atoms with Crippen LogP contribution in [0.1, 0.15) is 52.7 Å². The van der Waals surface area contributed by atoms with E-state index in [9.17, 15) is 18.8 Å². The van der Waals surface area contributed by atoms with Crippen LogP contribution in [0.4, 0.5) is 10.1 Å². The lowest BCUT2D eigenvalue weighted by Gasteiger charge is -2.29. The molecule has 154 valence electrons. The van der Waals surface area contributed by atoms with E-state index in [1.807, 2.05) is 0 Å². The fourth-order valence-electron chi connectivity index (χ4n) is 3.61. The zero-order chi connectivity index (χ0) is 21.1. The van der Waals surface area contributed by atoms with Crippen molar-refractivity contribution in [3.05, 3.63) is 46.2 Å². The Kier molecular flexibility index (Phi) is 6.31. The lowest BCUT2D eigenvalue weighted by molar-refractivity contribution is -0.121. The number of carbonyl (C=O) groups is 3. The molecule has 1 saturated carbocycles. The minimum Gasteiger partial charge on any atom is -0.364 e. The molecular weight excluding hydrogens is 445 g/mol. The van der Waals surface area contributed by atoms with Gasteiger partial charge in [-0.25, -0.2) is 9.37 Å². The lowest BCUT2D eigenvalue weighted by Crippen LogP contribution is -2.30. The fourth-order valence-corrected chi connectivity index (χ4v) is 4.06. The predicted octanol–water partition coefficient (Wildman–Crippen LogP) is 2.61. The van der Waals surface area contributed by atoms with Crippen molar-refractivity contribution < 1.29 is 18.8 Å². The van der Waals surface area contributed by atoms with Crippen molar-refractivity contribution in [2.24, 2.45) is 11.7 Å². The molecule has 1 aromatic carbocycles. The number of halogens is 2. The molecule has 1 aromatic heterocycles. The van der Waals surface area contributed by atoms with E-state index < -0.39 is 17.6 Å². The summed E-state index contributed by atoms with van der Waals surface area (Å²) in [7, 11) is 1.45. The van der Waals surface area contributed by atoms with Crippen LogP contribution in [0.25, 0.3) is 0 Å². The van der Waals surface area contributed by atoms with Gasteiger partial charge >= 0.3 is 0 Å². The first-order chi connectivity index (χ1) is 13.8. The molecule has 0 bridgehead atoms. The maximum Gasteiger partial charge on any atom is 0.272 e. The zero-order valence-corrected chi connectivity index (χ0v) is 17.3. The molecule has 8 nitrogen and oxygen atoms in total. The number of anilines is 1. The van der Waals surface area contributed by atoms with Gasteiger partial charge in [-0.05, 0) is 59.8 Å².